The summed E-state index contributed by atoms with van der Waals surface area (Å²) in [7, 11) is 0. The summed E-state index contributed by atoms with van der Waals surface area (Å²) in [5, 5.41) is 3.42. The lowest BCUT2D eigenvalue weighted by Crippen LogP contribution is -2.21. The number of hydrogen-bond acceptors (Lipinski definition) is 2. The molecule has 0 aromatic rings. The van der Waals surface area contributed by atoms with Crippen molar-refractivity contribution in [1.82, 2.24) is 5.32 Å². The van der Waals surface area contributed by atoms with Crippen LogP contribution in [0.2, 0.25) is 0 Å². The van der Waals surface area contributed by atoms with Crippen molar-refractivity contribution in [2.45, 2.75) is 30.9 Å². The van der Waals surface area contributed by atoms with Crippen LogP contribution in [0.4, 0.5) is 0 Å². The Bertz CT molecular complexity index is 95.4. The van der Waals surface area contributed by atoms with Gasteiger partial charge in [-0.25, -0.2) is 0 Å². The van der Waals surface area contributed by atoms with E-state index in [1.165, 1.54) is 32.4 Å². The minimum atomic E-state index is 0.559. The monoisotopic (exact) mass is 159 g/mol. The predicted octanol–water partition coefficient (Wildman–Crippen LogP) is 1.88. The summed E-state index contributed by atoms with van der Waals surface area (Å²) in [5.74, 6) is 0. The quantitative estimate of drug-likeness (QED) is 0.627. The summed E-state index contributed by atoms with van der Waals surface area (Å²) >= 11 is 2.02. The van der Waals surface area contributed by atoms with E-state index < -0.39 is 0 Å². The second kappa shape index (κ2) is 3.63. The van der Waals surface area contributed by atoms with Crippen LogP contribution in [0.5, 0.6) is 0 Å². The van der Waals surface area contributed by atoms with Crippen molar-refractivity contribution in [2.24, 2.45) is 0 Å². The Morgan fingerprint density at radius 1 is 1.30 bits per heavy atom. The van der Waals surface area contributed by atoms with Gasteiger partial charge in [0.15, 0.2) is 0 Å². The third-order valence-corrected chi connectivity index (χ3v) is 3.78. The Balaban J connectivity index is 2.41. The van der Waals surface area contributed by atoms with Gasteiger partial charge in [0.25, 0.3) is 0 Å². The fourth-order valence-corrected chi connectivity index (χ4v) is 2.05. The highest BCUT2D eigenvalue weighted by Crippen LogP contribution is 2.31. The molecule has 1 nitrogen and oxygen atoms in total. The standard InChI is InChI=1S/C8H17NS/c1-8(10-2)4-3-6-9-7-5-8/h9H,3-7H2,1-2H3. The molecular formula is C8H17NS. The van der Waals surface area contributed by atoms with Gasteiger partial charge in [0.05, 0.1) is 0 Å². The van der Waals surface area contributed by atoms with Gasteiger partial charge in [0.2, 0.25) is 0 Å². The molecule has 1 aliphatic heterocycles. The van der Waals surface area contributed by atoms with E-state index in [4.69, 9.17) is 0 Å². The molecule has 0 aliphatic carbocycles. The van der Waals surface area contributed by atoms with Gasteiger partial charge in [-0.1, -0.05) is 6.92 Å². The van der Waals surface area contributed by atoms with E-state index in [1.807, 2.05) is 11.8 Å². The molecule has 10 heavy (non-hydrogen) atoms. The fraction of sp³-hybridized carbons (Fsp3) is 1.00. The first-order chi connectivity index (χ1) is 4.77. The first-order valence-electron chi connectivity index (χ1n) is 4.03. The van der Waals surface area contributed by atoms with E-state index >= 15 is 0 Å². The highest BCUT2D eigenvalue weighted by molar-refractivity contribution is 7.99. The number of hydrogen-bond donors (Lipinski definition) is 1. The van der Waals surface area contributed by atoms with E-state index in [0.717, 1.165) is 0 Å². The zero-order valence-corrected chi connectivity index (χ0v) is 7.76. The van der Waals surface area contributed by atoms with Crippen molar-refractivity contribution in [3.8, 4) is 0 Å². The van der Waals surface area contributed by atoms with E-state index in [0.29, 0.717) is 4.75 Å². The summed E-state index contributed by atoms with van der Waals surface area (Å²) in [6.07, 6.45) is 6.28. The number of nitrogens with one attached hydrogen (secondary N) is 1. The molecule has 1 heterocycles. The van der Waals surface area contributed by atoms with Gasteiger partial charge in [0, 0.05) is 4.75 Å². The van der Waals surface area contributed by atoms with Crippen LogP contribution >= 0.6 is 11.8 Å². The Morgan fingerprint density at radius 3 is 2.80 bits per heavy atom. The molecule has 0 bridgehead atoms. The lowest BCUT2D eigenvalue weighted by molar-refractivity contribution is 0.573. The van der Waals surface area contributed by atoms with Gasteiger partial charge < -0.3 is 5.32 Å². The minimum Gasteiger partial charge on any atom is -0.317 e. The molecule has 0 spiro atoms. The summed E-state index contributed by atoms with van der Waals surface area (Å²) in [5.41, 5.74) is 0. The summed E-state index contributed by atoms with van der Waals surface area (Å²) < 4.78 is 0.559. The van der Waals surface area contributed by atoms with Crippen LogP contribution in [0.15, 0.2) is 0 Å². The fourth-order valence-electron chi connectivity index (χ4n) is 1.39. The molecule has 1 unspecified atom stereocenters. The molecule has 1 atom stereocenters. The zero-order valence-electron chi connectivity index (χ0n) is 6.94. The highest BCUT2D eigenvalue weighted by Gasteiger charge is 2.23. The van der Waals surface area contributed by atoms with Crippen LogP contribution < -0.4 is 5.32 Å². The molecule has 0 radical (unpaired) electrons. The Morgan fingerprint density at radius 2 is 2.10 bits per heavy atom. The van der Waals surface area contributed by atoms with Crippen molar-refractivity contribution in [3.05, 3.63) is 0 Å². The van der Waals surface area contributed by atoms with E-state index in [1.54, 1.807) is 0 Å². The van der Waals surface area contributed by atoms with Crippen molar-refractivity contribution >= 4 is 11.8 Å². The van der Waals surface area contributed by atoms with E-state index in [2.05, 4.69) is 18.5 Å². The maximum absolute atomic E-state index is 3.42. The SMILES string of the molecule is CSC1(C)CCCNCC1. The maximum Gasteiger partial charge on any atom is 0.0141 e. The summed E-state index contributed by atoms with van der Waals surface area (Å²) in [6.45, 7) is 4.80. The van der Waals surface area contributed by atoms with Gasteiger partial charge >= 0.3 is 0 Å². The molecule has 1 saturated heterocycles. The van der Waals surface area contributed by atoms with Gasteiger partial charge in [-0.2, -0.15) is 11.8 Å². The molecule has 60 valence electrons. The molecule has 0 saturated carbocycles. The first-order valence-corrected chi connectivity index (χ1v) is 5.25. The smallest absolute Gasteiger partial charge is 0.0141 e. The van der Waals surface area contributed by atoms with E-state index in [-0.39, 0.29) is 0 Å². The molecule has 1 aliphatic rings. The Hall–Kier alpha value is 0.310. The van der Waals surface area contributed by atoms with Gasteiger partial charge in [-0.05, 0) is 38.6 Å². The molecule has 2 heteroatoms. The molecule has 0 aromatic heterocycles. The van der Waals surface area contributed by atoms with Crippen LogP contribution in [0.25, 0.3) is 0 Å². The normalized spacial score (nSPS) is 35.4. The molecule has 1 fully saturated rings. The van der Waals surface area contributed by atoms with Crippen LogP contribution in [0.3, 0.4) is 0 Å². The maximum atomic E-state index is 3.42. The first kappa shape index (κ1) is 8.41. The van der Waals surface area contributed by atoms with Crippen molar-refractivity contribution in [2.75, 3.05) is 19.3 Å². The molecule has 0 amide bonds. The molecule has 0 aromatic carbocycles. The van der Waals surface area contributed by atoms with Crippen LogP contribution in [0.1, 0.15) is 26.2 Å². The largest absolute Gasteiger partial charge is 0.317 e. The van der Waals surface area contributed by atoms with Crippen molar-refractivity contribution in [3.63, 3.8) is 0 Å². The highest BCUT2D eigenvalue weighted by atomic mass is 32.2. The molecule has 1 rings (SSSR count). The zero-order chi connectivity index (χ0) is 7.45. The van der Waals surface area contributed by atoms with E-state index in [9.17, 15) is 0 Å². The Kier molecular flexibility index (Phi) is 3.05. The van der Waals surface area contributed by atoms with Crippen molar-refractivity contribution in [1.29, 1.82) is 0 Å². The van der Waals surface area contributed by atoms with Crippen LogP contribution in [-0.2, 0) is 0 Å². The third kappa shape index (κ3) is 2.17. The minimum absolute atomic E-state index is 0.559. The number of thioether (sulfide) groups is 1. The second-order valence-corrected chi connectivity index (χ2v) is 4.65. The molecule has 1 N–H and O–H groups in total. The van der Waals surface area contributed by atoms with Crippen molar-refractivity contribution < 1.29 is 0 Å². The van der Waals surface area contributed by atoms with Crippen LogP contribution in [-0.4, -0.2) is 24.1 Å². The Labute approximate surface area is 68.0 Å². The number of rotatable bonds is 1. The second-order valence-electron chi connectivity index (χ2n) is 3.26. The lowest BCUT2D eigenvalue weighted by Gasteiger charge is -2.24. The topological polar surface area (TPSA) is 12.0 Å². The predicted molar refractivity (Wildman–Crippen MR) is 48.6 cm³/mol. The summed E-state index contributed by atoms with van der Waals surface area (Å²) in [6, 6.07) is 0. The van der Waals surface area contributed by atoms with Gasteiger partial charge in [-0.3, -0.25) is 0 Å². The lowest BCUT2D eigenvalue weighted by atomic mass is 10.0. The molecular weight excluding hydrogens is 142 g/mol. The van der Waals surface area contributed by atoms with Gasteiger partial charge in [0.1, 0.15) is 0 Å². The summed E-state index contributed by atoms with van der Waals surface area (Å²) in [4.78, 5) is 0. The average molecular weight is 159 g/mol. The van der Waals surface area contributed by atoms with Crippen LogP contribution in [0, 0.1) is 0 Å². The average Bonchev–Trinajstić information content (AvgIpc) is 2.15. The third-order valence-electron chi connectivity index (χ3n) is 2.38. The van der Waals surface area contributed by atoms with Gasteiger partial charge in [-0.15, -0.1) is 0 Å².